The Labute approximate surface area is 278 Å². The maximum atomic E-state index is 3.84. The molecule has 0 spiro atoms. The van der Waals surface area contributed by atoms with Crippen molar-refractivity contribution in [2.75, 3.05) is 10.2 Å². The monoisotopic (exact) mass is 608 g/mol. The van der Waals surface area contributed by atoms with E-state index in [0.717, 1.165) is 25.7 Å². The number of hydrogen-bond acceptors (Lipinski definition) is 2. The van der Waals surface area contributed by atoms with Crippen LogP contribution in [0.1, 0.15) is 85.4 Å². The molecule has 1 atom stereocenters. The van der Waals surface area contributed by atoms with Crippen LogP contribution in [-0.2, 0) is 24.8 Å². The minimum Gasteiger partial charge on any atom is -0.376 e. The minimum absolute atomic E-state index is 0.118. The van der Waals surface area contributed by atoms with Crippen molar-refractivity contribution in [3.63, 3.8) is 0 Å². The number of para-hydroxylation sites is 1. The van der Waals surface area contributed by atoms with Gasteiger partial charge in [0.2, 0.25) is 0 Å². The van der Waals surface area contributed by atoms with E-state index in [9.17, 15) is 0 Å². The van der Waals surface area contributed by atoms with Crippen LogP contribution < -0.4 is 10.2 Å². The SMILES string of the molecule is CCCCCc1ccc(N(c2ccccc2)c2ccc(CCc3ccc(C(C)(CC)Nc4ccc(C)cc4C)cc3)cc2)c(C)c1. The second kappa shape index (κ2) is 15.3. The van der Waals surface area contributed by atoms with Gasteiger partial charge in [-0.25, -0.2) is 0 Å². The minimum atomic E-state index is -0.118. The summed E-state index contributed by atoms with van der Waals surface area (Å²) in [4.78, 5) is 2.39. The summed E-state index contributed by atoms with van der Waals surface area (Å²) in [5.41, 5.74) is 14.1. The van der Waals surface area contributed by atoms with E-state index >= 15 is 0 Å². The number of hydrogen-bond donors (Lipinski definition) is 1. The van der Waals surface area contributed by atoms with E-state index in [0.29, 0.717) is 0 Å². The Morgan fingerprint density at radius 1 is 0.587 bits per heavy atom. The lowest BCUT2D eigenvalue weighted by atomic mass is 9.87. The Kier molecular flexibility index (Phi) is 11.0. The lowest BCUT2D eigenvalue weighted by molar-refractivity contribution is 0.523. The van der Waals surface area contributed by atoms with E-state index in [2.05, 4.69) is 167 Å². The van der Waals surface area contributed by atoms with Gasteiger partial charge in [0.1, 0.15) is 0 Å². The Balaban J connectivity index is 1.28. The molecule has 0 fully saturated rings. The third-order valence-electron chi connectivity index (χ3n) is 9.57. The zero-order valence-electron chi connectivity index (χ0n) is 28.9. The highest BCUT2D eigenvalue weighted by atomic mass is 15.1. The van der Waals surface area contributed by atoms with Gasteiger partial charge >= 0.3 is 0 Å². The molecule has 1 N–H and O–H groups in total. The van der Waals surface area contributed by atoms with Crippen LogP contribution in [0, 0.1) is 20.8 Å². The summed E-state index contributed by atoms with van der Waals surface area (Å²) in [6.07, 6.45) is 8.00. The quantitative estimate of drug-likeness (QED) is 0.126. The van der Waals surface area contributed by atoms with Crippen LogP contribution in [0.3, 0.4) is 0 Å². The zero-order chi connectivity index (χ0) is 32.5. The summed E-state index contributed by atoms with van der Waals surface area (Å²) in [6.45, 7) is 13.4. The van der Waals surface area contributed by atoms with Crippen LogP contribution in [0.4, 0.5) is 22.7 Å². The fraction of sp³-hybridized carbons (Fsp3) is 0.318. The average Bonchev–Trinajstić information content (AvgIpc) is 3.07. The van der Waals surface area contributed by atoms with E-state index in [4.69, 9.17) is 0 Å². The molecule has 0 radical (unpaired) electrons. The van der Waals surface area contributed by atoms with Gasteiger partial charge in [0.05, 0.1) is 5.54 Å². The average molecular weight is 609 g/mol. The lowest BCUT2D eigenvalue weighted by Gasteiger charge is -2.32. The van der Waals surface area contributed by atoms with Gasteiger partial charge < -0.3 is 10.2 Å². The van der Waals surface area contributed by atoms with Crippen molar-refractivity contribution in [2.24, 2.45) is 0 Å². The van der Waals surface area contributed by atoms with Gasteiger partial charge in [0.15, 0.2) is 0 Å². The summed E-state index contributed by atoms with van der Waals surface area (Å²) in [7, 11) is 0. The van der Waals surface area contributed by atoms with Gasteiger partial charge in [0, 0.05) is 22.7 Å². The lowest BCUT2D eigenvalue weighted by Crippen LogP contribution is -2.31. The van der Waals surface area contributed by atoms with E-state index in [-0.39, 0.29) is 5.54 Å². The van der Waals surface area contributed by atoms with Gasteiger partial charge in [-0.05, 0) is 130 Å². The molecule has 0 aliphatic carbocycles. The molecule has 0 saturated heterocycles. The molecule has 46 heavy (non-hydrogen) atoms. The van der Waals surface area contributed by atoms with Crippen molar-refractivity contribution >= 4 is 22.7 Å². The zero-order valence-corrected chi connectivity index (χ0v) is 28.9. The maximum absolute atomic E-state index is 3.84. The van der Waals surface area contributed by atoms with Crippen LogP contribution in [-0.4, -0.2) is 0 Å². The molecule has 1 unspecified atom stereocenters. The number of nitrogens with one attached hydrogen (secondary N) is 1. The summed E-state index contributed by atoms with van der Waals surface area (Å²) >= 11 is 0. The summed E-state index contributed by atoms with van der Waals surface area (Å²) in [5.74, 6) is 0. The fourth-order valence-electron chi connectivity index (χ4n) is 6.46. The molecule has 0 saturated carbocycles. The molecule has 5 aromatic carbocycles. The molecule has 0 aromatic heterocycles. The predicted octanol–water partition coefficient (Wildman–Crippen LogP) is 12.3. The molecule has 2 heteroatoms. The largest absolute Gasteiger partial charge is 0.376 e. The highest BCUT2D eigenvalue weighted by Crippen LogP contribution is 2.37. The number of rotatable bonds is 14. The first-order valence-electron chi connectivity index (χ1n) is 17.3. The molecule has 0 aliphatic rings. The molecule has 0 amide bonds. The van der Waals surface area contributed by atoms with Crippen molar-refractivity contribution in [3.8, 4) is 0 Å². The first-order valence-corrected chi connectivity index (χ1v) is 17.3. The Hall–Kier alpha value is -4.30. The van der Waals surface area contributed by atoms with Crippen molar-refractivity contribution in [1.82, 2.24) is 0 Å². The highest BCUT2D eigenvalue weighted by Gasteiger charge is 2.25. The molecule has 238 valence electrons. The van der Waals surface area contributed by atoms with Crippen molar-refractivity contribution in [1.29, 1.82) is 0 Å². The molecule has 0 aliphatic heterocycles. The number of nitrogens with zero attached hydrogens (tertiary/aromatic N) is 1. The Morgan fingerprint density at radius 2 is 1.22 bits per heavy atom. The molecular weight excluding hydrogens is 556 g/mol. The predicted molar refractivity (Wildman–Crippen MR) is 200 cm³/mol. The van der Waals surface area contributed by atoms with Crippen LogP contribution in [0.5, 0.6) is 0 Å². The maximum Gasteiger partial charge on any atom is 0.0594 e. The van der Waals surface area contributed by atoms with E-state index in [1.807, 2.05) is 0 Å². The second-order valence-electron chi connectivity index (χ2n) is 13.2. The van der Waals surface area contributed by atoms with Gasteiger partial charge in [0.25, 0.3) is 0 Å². The van der Waals surface area contributed by atoms with Crippen molar-refractivity contribution in [3.05, 3.63) is 154 Å². The highest BCUT2D eigenvalue weighted by molar-refractivity contribution is 5.78. The third kappa shape index (κ3) is 8.10. The molecule has 0 bridgehead atoms. The molecule has 5 aromatic rings. The summed E-state index contributed by atoms with van der Waals surface area (Å²) < 4.78 is 0. The van der Waals surface area contributed by atoms with Crippen LogP contribution in [0.25, 0.3) is 0 Å². The van der Waals surface area contributed by atoms with Gasteiger partial charge in [-0.2, -0.15) is 0 Å². The molecule has 0 heterocycles. The second-order valence-corrected chi connectivity index (χ2v) is 13.2. The van der Waals surface area contributed by atoms with E-state index < -0.39 is 0 Å². The topological polar surface area (TPSA) is 15.3 Å². The van der Waals surface area contributed by atoms with Crippen LogP contribution >= 0.6 is 0 Å². The van der Waals surface area contributed by atoms with Crippen molar-refractivity contribution in [2.45, 2.75) is 92.0 Å². The first kappa shape index (κ1) is 33.1. The Bertz CT molecular complexity index is 1690. The molecule has 5 rings (SSSR count). The number of aryl methyl sites for hydroxylation is 6. The summed E-state index contributed by atoms with van der Waals surface area (Å²) in [5, 5.41) is 3.84. The standard InChI is InChI=1S/C44H52N2/c1-7-9-11-14-38-24-30-43(35(5)32-38)46(40-15-12-10-13-16-40)41-27-22-37(23-28-41)19-18-36-20-25-39(26-21-36)44(6,8-2)45-42-29-17-33(3)31-34(42)4/h10,12-13,15-17,20-32,45H,7-9,11,14,18-19H2,1-6H3. The number of anilines is 4. The number of unbranched alkanes of at least 4 members (excludes halogenated alkanes) is 2. The van der Waals surface area contributed by atoms with Gasteiger partial charge in [-0.15, -0.1) is 0 Å². The van der Waals surface area contributed by atoms with E-state index in [1.165, 1.54) is 81.0 Å². The molecule has 2 nitrogen and oxygen atoms in total. The third-order valence-corrected chi connectivity index (χ3v) is 9.57. The van der Waals surface area contributed by atoms with E-state index in [1.54, 1.807) is 0 Å². The van der Waals surface area contributed by atoms with Crippen LogP contribution in [0.15, 0.2) is 115 Å². The van der Waals surface area contributed by atoms with Crippen molar-refractivity contribution < 1.29 is 0 Å². The van der Waals surface area contributed by atoms with Gasteiger partial charge in [-0.3, -0.25) is 0 Å². The molecular formula is C44H52N2. The Morgan fingerprint density at radius 3 is 1.83 bits per heavy atom. The van der Waals surface area contributed by atoms with Gasteiger partial charge in [-0.1, -0.05) is 111 Å². The summed E-state index contributed by atoms with van der Waals surface area (Å²) in [6, 6.07) is 42.8. The smallest absolute Gasteiger partial charge is 0.0594 e. The van der Waals surface area contributed by atoms with Crippen LogP contribution in [0.2, 0.25) is 0 Å². The normalized spacial score (nSPS) is 12.5. The first-order chi connectivity index (χ1) is 22.3. The fourth-order valence-corrected chi connectivity index (χ4v) is 6.46. The number of benzene rings is 5.